The van der Waals surface area contributed by atoms with Gasteiger partial charge in [0.15, 0.2) is 0 Å². The molecule has 0 unspecified atom stereocenters. The Kier molecular flexibility index (Phi) is 4.79. The van der Waals surface area contributed by atoms with Gasteiger partial charge in [-0.1, -0.05) is 0 Å². The number of nitrogens with zero attached hydrogens (tertiary/aromatic N) is 1. The highest BCUT2D eigenvalue weighted by atomic mass is 16.6. The van der Waals surface area contributed by atoms with Crippen LogP contribution in [0.25, 0.3) is 0 Å². The van der Waals surface area contributed by atoms with Crippen LogP contribution >= 0.6 is 0 Å². The van der Waals surface area contributed by atoms with Gasteiger partial charge in [0.25, 0.3) is 5.69 Å². The molecule has 0 radical (unpaired) electrons. The number of benzene rings is 1. The van der Waals surface area contributed by atoms with Crippen LogP contribution in [0.4, 0.5) is 5.69 Å². The number of non-ortho nitro benzene ring substituents is 1. The van der Waals surface area contributed by atoms with E-state index in [0.717, 1.165) is 0 Å². The predicted octanol–water partition coefficient (Wildman–Crippen LogP) is 1.31. The Morgan fingerprint density at radius 1 is 1.17 bits per heavy atom. The molecule has 1 rings (SSSR count). The van der Waals surface area contributed by atoms with E-state index < -0.39 is 16.9 Å². The first-order chi connectivity index (χ1) is 8.50. The highest BCUT2D eigenvalue weighted by Gasteiger charge is 2.10. The standard InChI is InChI=1S/C11H11NO6/c1-8(13)17-6-7-18-11(14)9-2-4-10(5-3-9)12(15)16/h2-5H,6-7H2,1H3. The van der Waals surface area contributed by atoms with Gasteiger partial charge in [0.1, 0.15) is 13.2 Å². The summed E-state index contributed by atoms with van der Waals surface area (Å²) in [4.78, 5) is 31.7. The van der Waals surface area contributed by atoms with Gasteiger partial charge in [-0.3, -0.25) is 14.9 Å². The SMILES string of the molecule is CC(=O)OCCOC(=O)c1ccc([N+](=O)[O-])cc1. The number of hydrogen-bond acceptors (Lipinski definition) is 6. The highest BCUT2D eigenvalue weighted by molar-refractivity contribution is 5.89. The molecule has 0 spiro atoms. The van der Waals surface area contributed by atoms with Crippen LogP contribution in [0.2, 0.25) is 0 Å². The third-order valence-corrected chi connectivity index (χ3v) is 1.94. The summed E-state index contributed by atoms with van der Waals surface area (Å²) in [5.41, 5.74) is 0.0925. The lowest BCUT2D eigenvalue weighted by Gasteiger charge is -2.04. The summed E-state index contributed by atoms with van der Waals surface area (Å²) in [6.45, 7) is 1.17. The van der Waals surface area contributed by atoms with E-state index in [-0.39, 0.29) is 24.5 Å². The second-order valence-electron chi connectivity index (χ2n) is 3.28. The van der Waals surface area contributed by atoms with Gasteiger partial charge in [-0.05, 0) is 12.1 Å². The van der Waals surface area contributed by atoms with Crippen molar-refractivity contribution < 1.29 is 24.0 Å². The minimum atomic E-state index is -0.628. The molecule has 0 fully saturated rings. The quantitative estimate of drug-likeness (QED) is 0.340. The maximum atomic E-state index is 11.4. The van der Waals surface area contributed by atoms with E-state index in [4.69, 9.17) is 4.74 Å². The largest absolute Gasteiger partial charge is 0.462 e. The Balaban J connectivity index is 2.46. The van der Waals surface area contributed by atoms with E-state index >= 15 is 0 Å². The minimum Gasteiger partial charge on any atom is -0.462 e. The summed E-state index contributed by atoms with van der Waals surface area (Å²) in [6.07, 6.45) is 0. The molecule has 1 aromatic carbocycles. The van der Waals surface area contributed by atoms with Crippen molar-refractivity contribution in [3.05, 3.63) is 39.9 Å². The molecule has 0 bridgehead atoms. The van der Waals surface area contributed by atoms with Gasteiger partial charge in [0.2, 0.25) is 0 Å². The zero-order chi connectivity index (χ0) is 13.5. The van der Waals surface area contributed by atoms with Gasteiger partial charge in [-0.2, -0.15) is 0 Å². The van der Waals surface area contributed by atoms with Crippen molar-refractivity contribution in [2.24, 2.45) is 0 Å². The van der Waals surface area contributed by atoms with Gasteiger partial charge >= 0.3 is 11.9 Å². The molecule has 0 aliphatic carbocycles. The summed E-state index contributed by atoms with van der Waals surface area (Å²) in [6, 6.07) is 5.02. The van der Waals surface area contributed by atoms with Crippen molar-refractivity contribution >= 4 is 17.6 Å². The van der Waals surface area contributed by atoms with E-state index in [1.165, 1.54) is 31.2 Å². The van der Waals surface area contributed by atoms with Crippen LogP contribution in [0.5, 0.6) is 0 Å². The van der Waals surface area contributed by atoms with Crippen LogP contribution in [-0.2, 0) is 14.3 Å². The second kappa shape index (κ2) is 6.33. The molecule has 96 valence electrons. The Hall–Kier alpha value is -2.44. The van der Waals surface area contributed by atoms with E-state index in [0.29, 0.717) is 0 Å². The summed E-state index contributed by atoms with van der Waals surface area (Å²) >= 11 is 0. The normalized spacial score (nSPS) is 9.61. The molecule has 0 atom stereocenters. The number of carbonyl (C=O) groups excluding carboxylic acids is 2. The third-order valence-electron chi connectivity index (χ3n) is 1.94. The molecule has 18 heavy (non-hydrogen) atoms. The minimum absolute atomic E-state index is 0.0198. The van der Waals surface area contributed by atoms with Crippen LogP contribution in [0.15, 0.2) is 24.3 Å². The number of nitro groups is 1. The summed E-state index contributed by atoms with van der Waals surface area (Å²) in [5.74, 6) is -1.08. The summed E-state index contributed by atoms with van der Waals surface area (Å²) in [7, 11) is 0. The Bertz CT molecular complexity index is 453. The number of hydrogen-bond donors (Lipinski definition) is 0. The van der Waals surface area contributed by atoms with Gasteiger partial charge in [0, 0.05) is 19.1 Å². The zero-order valence-corrected chi connectivity index (χ0v) is 9.62. The maximum absolute atomic E-state index is 11.4. The van der Waals surface area contributed by atoms with Gasteiger partial charge in [-0.15, -0.1) is 0 Å². The topological polar surface area (TPSA) is 95.7 Å². The molecule has 0 aromatic heterocycles. The Morgan fingerprint density at radius 2 is 1.72 bits per heavy atom. The first-order valence-electron chi connectivity index (χ1n) is 5.05. The molecule has 0 N–H and O–H groups in total. The highest BCUT2D eigenvalue weighted by Crippen LogP contribution is 2.12. The fraction of sp³-hybridized carbons (Fsp3) is 0.273. The van der Waals surface area contributed by atoms with Crippen molar-refractivity contribution in [2.45, 2.75) is 6.92 Å². The van der Waals surface area contributed by atoms with E-state index in [1.54, 1.807) is 0 Å². The lowest BCUT2D eigenvalue weighted by Crippen LogP contribution is -2.12. The van der Waals surface area contributed by atoms with Crippen LogP contribution in [0, 0.1) is 10.1 Å². The van der Waals surface area contributed by atoms with Gasteiger partial charge in [0.05, 0.1) is 10.5 Å². The molecule has 7 nitrogen and oxygen atoms in total. The van der Waals surface area contributed by atoms with Crippen molar-refractivity contribution in [3.63, 3.8) is 0 Å². The van der Waals surface area contributed by atoms with Crippen molar-refractivity contribution in [1.82, 2.24) is 0 Å². The summed E-state index contributed by atoms with van der Waals surface area (Å²) in [5, 5.41) is 10.4. The predicted molar refractivity (Wildman–Crippen MR) is 60.0 cm³/mol. The van der Waals surface area contributed by atoms with Crippen molar-refractivity contribution in [2.75, 3.05) is 13.2 Å². The maximum Gasteiger partial charge on any atom is 0.338 e. The van der Waals surface area contributed by atoms with Crippen molar-refractivity contribution in [3.8, 4) is 0 Å². The molecule has 0 amide bonds. The molecule has 1 aromatic rings. The Labute approximate surface area is 102 Å². The van der Waals surface area contributed by atoms with Crippen molar-refractivity contribution in [1.29, 1.82) is 0 Å². The molecule has 0 saturated heterocycles. The fourth-order valence-corrected chi connectivity index (χ4v) is 1.12. The third kappa shape index (κ3) is 4.20. The first-order valence-corrected chi connectivity index (χ1v) is 5.05. The van der Waals surface area contributed by atoms with Crippen LogP contribution in [-0.4, -0.2) is 30.1 Å². The monoisotopic (exact) mass is 253 g/mol. The molecule has 0 heterocycles. The van der Waals surface area contributed by atoms with E-state index in [9.17, 15) is 19.7 Å². The molecule has 7 heteroatoms. The smallest absolute Gasteiger partial charge is 0.338 e. The van der Waals surface area contributed by atoms with Crippen LogP contribution in [0.3, 0.4) is 0 Å². The number of ether oxygens (including phenoxy) is 2. The fourth-order valence-electron chi connectivity index (χ4n) is 1.12. The number of nitro benzene ring substituents is 1. The zero-order valence-electron chi connectivity index (χ0n) is 9.62. The van der Waals surface area contributed by atoms with E-state index in [2.05, 4.69) is 4.74 Å². The summed E-state index contributed by atoms with van der Waals surface area (Å²) < 4.78 is 9.37. The number of rotatable bonds is 5. The molecular weight excluding hydrogens is 242 g/mol. The molecule has 0 saturated carbocycles. The second-order valence-corrected chi connectivity index (χ2v) is 3.28. The lowest BCUT2D eigenvalue weighted by atomic mass is 10.2. The average molecular weight is 253 g/mol. The molecule has 0 aliphatic rings. The van der Waals surface area contributed by atoms with Gasteiger partial charge < -0.3 is 9.47 Å². The van der Waals surface area contributed by atoms with Gasteiger partial charge in [-0.25, -0.2) is 4.79 Å². The molecular formula is C11H11NO6. The average Bonchev–Trinajstić information content (AvgIpc) is 2.34. The van der Waals surface area contributed by atoms with E-state index in [1.807, 2.05) is 0 Å². The number of esters is 2. The van der Waals surface area contributed by atoms with Crippen LogP contribution in [0.1, 0.15) is 17.3 Å². The van der Waals surface area contributed by atoms with Crippen LogP contribution < -0.4 is 0 Å². The lowest BCUT2D eigenvalue weighted by molar-refractivity contribution is -0.384. The molecule has 0 aliphatic heterocycles. The number of carbonyl (C=O) groups is 2. The first kappa shape index (κ1) is 13.6. The Morgan fingerprint density at radius 3 is 2.22 bits per heavy atom.